The second-order valence-electron chi connectivity index (χ2n) is 6.54. The normalized spacial score (nSPS) is 21.7. The van der Waals surface area contributed by atoms with Gasteiger partial charge in [-0.25, -0.2) is 13.8 Å². The molecule has 112 valence electrons. The van der Waals surface area contributed by atoms with E-state index in [-0.39, 0.29) is 16.3 Å². The van der Waals surface area contributed by atoms with E-state index in [4.69, 9.17) is 11.6 Å². The highest BCUT2D eigenvalue weighted by Gasteiger charge is 2.54. The van der Waals surface area contributed by atoms with Crippen LogP contribution in [0.4, 0.5) is 8.78 Å². The summed E-state index contributed by atoms with van der Waals surface area (Å²) in [5, 5.41) is -0.324. The zero-order valence-corrected chi connectivity index (χ0v) is 12.6. The van der Waals surface area contributed by atoms with Crippen molar-refractivity contribution in [3.63, 3.8) is 0 Å². The minimum atomic E-state index is -0.825. The Labute approximate surface area is 127 Å². The maximum absolute atomic E-state index is 14.3. The molecule has 0 radical (unpaired) electrons. The van der Waals surface area contributed by atoms with E-state index in [1.807, 2.05) is 11.5 Å². The van der Waals surface area contributed by atoms with E-state index in [2.05, 4.69) is 4.98 Å². The van der Waals surface area contributed by atoms with Crippen LogP contribution in [-0.2, 0) is 6.54 Å². The summed E-state index contributed by atoms with van der Waals surface area (Å²) in [4.78, 5) is 4.43. The average Bonchev–Trinajstić information content (AvgIpc) is 3.31. The van der Waals surface area contributed by atoms with Crippen LogP contribution in [0.25, 0.3) is 11.0 Å². The number of alkyl halides is 1. The van der Waals surface area contributed by atoms with Crippen molar-refractivity contribution in [3.05, 3.63) is 29.6 Å². The quantitative estimate of drug-likeness (QED) is 0.741. The first kappa shape index (κ1) is 13.5. The van der Waals surface area contributed by atoms with Crippen molar-refractivity contribution in [2.45, 2.75) is 44.5 Å². The Hall–Kier alpha value is -1.16. The van der Waals surface area contributed by atoms with Gasteiger partial charge in [-0.1, -0.05) is 0 Å². The first-order valence-corrected chi connectivity index (χ1v) is 7.94. The van der Waals surface area contributed by atoms with Crippen molar-refractivity contribution < 1.29 is 8.78 Å². The van der Waals surface area contributed by atoms with Crippen LogP contribution in [0.1, 0.15) is 43.8 Å². The second kappa shape index (κ2) is 4.42. The van der Waals surface area contributed by atoms with Crippen LogP contribution in [0, 0.1) is 23.0 Å². The lowest BCUT2D eigenvalue weighted by Gasteiger charge is -2.18. The molecule has 1 heterocycles. The lowest BCUT2D eigenvalue weighted by atomic mass is 10.0. The van der Waals surface area contributed by atoms with E-state index >= 15 is 0 Å². The third-order valence-corrected chi connectivity index (χ3v) is 5.19. The van der Waals surface area contributed by atoms with E-state index in [1.165, 1.54) is 31.7 Å². The number of imidazole rings is 1. The molecule has 2 fully saturated rings. The van der Waals surface area contributed by atoms with Crippen molar-refractivity contribution >= 4 is 22.6 Å². The van der Waals surface area contributed by atoms with Gasteiger partial charge in [0.15, 0.2) is 11.6 Å². The zero-order chi connectivity index (χ0) is 14.8. The van der Waals surface area contributed by atoms with E-state index in [9.17, 15) is 8.78 Å². The molecule has 2 aromatic rings. The van der Waals surface area contributed by atoms with Crippen molar-refractivity contribution in [1.29, 1.82) is 0 Å². The summed E-state index contributed by atoms with van der Waals surface area (Å²) in [6.07, 6.45) is 4.86. The molecule has 2 nitrogen and oxygen atoms in total. The minimum absolute atomic E-state index is 0.268. The largest absolute Gasteiger partial charge is 0.324 e. The van der Waals surface area contributed by atoms with Gasteiger partial charge in [-0.15, -0.1) is 11.6 Å². The second-order valence-corrected chi connectivity index (χ2v) is 7.19. The molecule has 1 unspecified atom stereocenters. The third kappa shape index (κ3) is 2.07. The SMILES string of the molecule is CC(Cl)c1nc2ccc(F)c(F)c2n1CC1(C2CC2)CC1. The molecule has 2 saturated carbocycles. The maximum Gasteiger partial charge on any atom is 0.184 e. The van der Waals surface area contributed by atoms with Gasteiger partial charge >= 0.3 is 0 Å². The summed E-state index contributed by atoms with van der Waals surface area (Å²) in [7, 11) is 0. The molecule has 1 aromatic carbocycles. The Kier molecular flexibility index (Phi) is 2.84. The first-order valence-electron chi connectivity index (χ1n) is 7.50. The van der Waals surface area contributed by atoms with Gasteiger partial charge in [0.1, 0.15) is 11.3 Å². The fourth-order valence-corrected chi connectivity index (χ4v) is 3.67. The number of hydrogen-bond acceptors (Lipinski definition) is 1. The van der Waals surface area contributed by atoms with Crippen molar-refractivity contribution in [3.8, 4) is 0 Å². The summed E-state index contributed by atoms with van der Waals surface area (Å²) in [6, 6.07) is 2.66. The number of aromatic nitrogens is 2. The number of halogens is 3. The molecule has 1 aromatic heterocycles. The molecule has 0 amide bonds. The molecule has 0 aliphatic heterocycles. The van der Waals surface area contributed by atoms with Gasteiger partial charge in [-0.3, -0.25) is 0 Å². The van der Waals surface area contributed by atoms with Crippen LogP contribution in [0.2, 0.25) is 0 Å². The number of fused-ring (bicyclic) bond motifs is 1. The fraction of sp³-hybridized carbons (Fsp3) is 0.562. The van der Waals surface area contributed by atoms with Gasteiger partial charge < -0.3 is 4.57 Å². The fourth-order valence-electron chi connectivity index (χ4n) is 3.51. The Morgan fingerprint density at radius 3 is 2.67 bits per heavy atom. The lowest BCUT2D eigenvalue weighted by Crippen LogP contribution is -2.17. The van der Waals surface area contributed by atoms with E-state index in [1.54, 1.807) is 0 Å². The number of benzene rings is 1. The van der Waals surface area contributed by atoms with Crippen LogP contribution >= 0.6 is 11.6 Å². The lowest BCUT2D eigenvalue weighted by molar-refractivity contribution is 0.366. The highest BCUT2D eigenvalue weighted by Crippen LogP contribution is 2.62. The molecular weight excluding hydrogens is 294 g/mol. The number of nitrogens with zero attached hydrogens (tertiary/aromatic N) is 2. The van der Waals surface area contributed by atoms with Gasteiger partial charge in [0.05, 0.1) is 10.9 Å². The summed E-state index contributed by atoms with van der Waals surface area (Å²) < 4.78 is 29.7. The molecule has 4 rings (SSSR count). The van der Waals surface area contributed by atoms with Gasteiger partial charge in [0, 0.05) is 6.54 Å². The van der Waals surface area contributed by atoms with E-state index in [0.29, 0.717) is 17.9 Å². The zero-order valence-electron chi connectivity index (χ0n) is 11.9. The number of hydrogen-bond donors (Lipinski definition) is 0. The molecule has 1 atom stereocenters. The Morgan fingerprint density at radius 2 is 2.10 bits per heavy atom. The Morgan fingerprint density at radius 1 is 1.38 bits per heavy atom. The average molecular weight is 311 g/mol. The smallest absolute Gasteiger partial charge is 0.184 e. The highest BCUT2D eigenvalue weighted by molar-refractivity contribution is 6.20. The minimum Gasteiger partial charge on any atom is -0.324 e. The highest BCUT2D eigenvalue weighted by atomic mass is 35.5. The molecule has 0 saturated heterocycles. The number of rotatable bonds is 4. The van der Waals surface area contributed by atoms with Crippen molar-refractivity contribution in [1.82, 2.24) is 9.55 Å². The Bertz CT molecular complexity index is 715. The van der Waals surface area contributed by atoms with Crippen molar-refractivity contribution in [2.24, 2.45) is 11.3 Å². The summed E-state index contributed by atoms with van der Waals surface area (Å²) in [6.45, 7) is 2.53. The van der Waals surface area contributed by atoms with Crippen LogP contribution in [0.5, 0.6) is 0 Å². The molecule has 0 spiro atoms. The Balaban J connectivity index is 1.87. The van der Waals surface area contributed by atoms with E-state index < -0.39 is 11.6 Å². The molecule has 2 aliphatic rings. The van der Waals surface area contributed by atoms with Gasteiger partial charge in [0.2, 0.25) is 0 Å². The summed E-state index contributed by atoms with van der Waals surface area (Å²) in [5.41, 5.74) is 1.03. The topological polar surface area (TPSA) is 17.8 Å². The molecule has 0 bridgehead atoms. The molecule has 21 heavy (non-hydrogen) atoms. The van der Waals surface area contributed by atoms with Gasteiger partial charge in [-0.2, -0.15) is 0 Å². The van der Waals surface area contributed by atoms with Gasteiger partial charge in [0.25, 0.3) is 0 Å². The van der Waals surface area contributed by atoms with Crippen molar-refractivity contribution in [2.75, 3.05) is 0 Å². The van der Waals surface area contributed by atoms with Crippen LogP contribution in [-0.4, -0.2) is 9.55 Å². The van der Waals surface area contributed by atoms with Gasteiger partial charge in [-0.05, 0) is 56.1 Å². The third-order valence-electron chi connectivity index (χ3n) is 4.99. The predicted octanol–water partition coefficient (Wildman–Crippen LogP) is 4.80. The first-order chi connectivity index (χ1) is 10.0. The molecule has 2 aliphatic carbocycles. The standard InChI is InChI=1S/C16H17ClF2N2/c1-9(17)15-20-12-5-4-11(18)13(19)14(12)21(15)8-16(6-7-16)10-2-3-10/h4-5,9-10H,2-3,6-8H2,1H3. The summed E-state index contributed by atoms with van der Waals surface area (Å²) in [5.74, 6) is -0.253. The van der Waals surface area contributed by atoms with E-state index in [0.717, 1.165) is 12.0 Å². The summed E-state index contributed by atoms with van der Waals surface area (Å²) >= 11 is 6.22. The molecule has 0 N–H and O–H groups in total. The van der Waals surface area contributed by atoms with Crippen LogP contribution < -0.4 is 0 Å². The monoisotopic (exact) mass is 310 g/mol. The van der Waals surface area contributed by atoms with Crippen LogP contribution in [0.15, 0.2) is 12.1 Å². The predicted molar refractivity (Wildman–Crippen MR) is 78.3 cm³/mol. The molecular formula is C16H17ClF2N2. The van der Waals surface area contributed by atoms with Crippen LogP contribution in [0.3, 0.4) is 0 Å². The molecule has 5 heteroatoms. The maximum atomic E-state index is 14.3.